The fourth-order valence-electron chi connectivity index (χ4n) is 6.89. The number of carbonyl (C=O) groups excluding carboxylic acids is 2. The third-order valence-corrected chi connectivity index (χ3v) is 9.40. The first-order chi connectivity index (χ1) is 20.3. The van der Waals surface area contributed by atoms with Crippen LogP contribution in [0.2, 0.25) is 0 Å². The summed E-state index contributed by atoms with van der Waals surface area (Å²) in [5, 5.41) is 0. The van der Waals surface area contributed by atoms with E-state index in [1.807, 2.05) is 12.1 Å². The van der Waals surface area contributed by atoms with Crippen molar-refractivity contribution in [3.8, 4) is 5.75 Å². The highest BCUT2D eigenvalue weighted by Crippen LogP contribution is 2.38. The van der Waals surface area contributed by atoms with Crippen molar-refractivity contribution in [1.29, 1.82) is 0 Å². The number of esters is 1. The summed E-state index contributed by atoms with van der Waals surface area (Å²) in [6.07, 6.45) is 13.8. The Morgan fingerprint density at radius 2 is 1.95 bits per heavy atom. The molecule has 3 heterocycles. The molecule has 4 aliphatic rings. The number of carbonyl (C=O) groups is 2. The molecule has 2 N–H and O–H groups in total. The fraction of sp³-hybridized carbons (Fsp3) is 0.706. The first kappa shape index (κ1) is 32.3. The van der Waals surface area contributed by atoms with Gasteiger partial charge in [-0.3, -0.25) is 4.90 Å². The zero-order chi connectivity index (χ0) is 30.0. The van der Waals surface area contributed by atoms with Gasteiger partial charge in [0.05, 0.1) is 7.11 Å². The van der Waals surface area contributed by atoms with Crippen molar-refractivity contribution < 1.29 is 28.5 Å². The van der Waals surface area contributed by atoms with Crippen molar-refractivity contribution >= 4 is 12.1 Å². The number of unbranched alkanes of at least 4 members (excludes halogenated alkanes) is 3. The van der Waals surface area contributed by atoms with E-state index in [0.717, 1.165) is 94.3 Å². The van der Waals surface area contributed by atoms with Crippen LogP contribution in [0.4, 0.5) is 4.79 Å². The lowest BCUT2D eigenvalue weighted by Gasteiger charge is -2.43. The largest absolute Gasteiger partial charge is 0.508 e. The Labute approximate surface area is 252 Å². The van der Waals surface area contributed by atoms with Crippen LogP contribution in [0.1, 0.15) is 95.6 Å². The summed E-state index contributed by atoms with van der Waals surface area (Å²) in [5.74, 6) is 0.783. The van der Waals surface area contributed by atoms with Crippen LogP contribution in [0.3, 0.4) is 0 Å². The second-order valence-corrected chi connectivity index (χ2v) is 12.4. The van der Waals surface area contributed by atoms with Gasteiger partial charge in [0.15, 0.2) is 6.61 Å². The van der Waals surface area contributed by atoms with E-state index in [-0.39, 0.29) is 18.8 Å². The molecule has 0 spiro atoms. The second kappa shape index (κ2) is 15.8. The molecular formula is C34H52N2O6. The van der Waals surface area contributed by atoms with Gasteiger partial charge in [-0.2, -0.15) is 0 Å². The number of hydrogen-bond acceptors (Lipinski definition) is 8. The Bertz CT molecular complexity index is 1070. The van der Waals surface area contributed by atoms with Crippen molar-refractivity contribution in [2.75, 3.05) is 33.4 Å². The van der Waals surface area contributed by atoms with Gasteiger partial charge in [-0.1, -0.05) is 63.3 Å². The van der Waals surface area contributed by atoms with Crippen LogP contribution in [-0.2, 0) is 31.8 Å². The summed E-state index contributed by atoms with van der Waals surface area (Å²) in [7, 11) is 1.36. The molecule has 42 heavy (non-hydrogen) atoms. The molecule has 8 nitrogen and oxygen atoms in total. The van der Waals surface area contributed by atoms with Gasteiger partial charge in [-0.15, -0.1) is 0 Å². The molecule has 2 bridgehead atoms. The molecule has 1 aromatic carbocycles. The molecule has 5 rings (SSSR count). The number of rotatable bonds is 15. The van der Waals surface area contributed by atoms with Crippen molar-refractivity contribution in [2.45, 2.75) is 115 Å². The summed E-state index contributed by atoms with van der Waals surface area (Å²) >= 11 is 0. The lowest BCUT2D eigenvalue weighted by Crippen LogP contribution is -2.52. The molecule has 0 aromatic heterocycles. The maximum absolute atomic E-state index is 13.0. The summed E-state index contributed by atoms with van der Waals surface area (Å²) in [6, 6.07) is 5.97. The van der Waals surface area contributed by atoms with E-state index in [1.165, 1.54) is 25.5 Å². The van der Waals surface area contributed by atoms with Crippen LogP contribution in [-0.4, -0.2) is 68.1 Å². The summed E-state index contributed by atoms with van der Waals surface area (Å²) in [6.45, 7) is 7.32. The summed E-state index contributed by atoms with van der Waals surface area (Å²) < 4.78 is 22.4. The SMILES string of the molecule is CCCCCCC(C/C=C(\CCC)C1(N)CCc2c(cccc2OCC(=O)OC)C1)OC(=O)OC1CN2CCC1CC2. The average molecular weight is 585 g/mol. The van der Waals surface area contributed by atoms with Crippen LogP contribution in [0.15, 0.2) is 29.8 Å². The minimum absolute atomic E-state index is 0.0527. The van der Waals surface area contributed by atoms with Crippen LogP contribution < -0.4 is 10.5 Å². The molecule has 3 unspecified atom stereocenters. The minimum atomic E-state index is -0.520. The topological polar surface area (TPSA) is 100 Å². The Morgan fingerprint density at radius 3 is 2.64 bits per heavy atom. The summed E-state index contributed by atoms with van der Waals surface area (Å²) in [5.41, 5.74) is 10.2. The predicted molar refractivity (Wildman–Crippen MR) is 164 cm³/mol. The number of benzene rings is 1. The van der Waals surface area contributed by atoms with Gasteiger partial charge in [-0.25, -0.2) is 9.59 Å². The number of hydrogen-bond donors (Lipinski definition) is 1. The number of nitrogens with zero attached hydrogens (tertiary/aromatic N) is 1. The molecule has 234 valence electrons. The van der Waals surface area contributed by atoms with Gasteiger partial charge in [0.25, 0.3) is 0 Å². The fourth-order valence-corrected chi connectivity index (χ4v) is 6.89. The number of methoxy groups -OCH3 is 1. The molecule has 0 saturated carbocycles. The average Bonchev–Trinajstić information content (AvgIpc) is 3.00. The minimum Gasteiger partial charge on any atom is -0.482 e. The predicted octanol–water partition coefficient (Wildman–Crippen LogP) is 6.13. The van der Waals surface area contributed by atoms with Gasteiger partial charge in [0, 0.05) is 18.5 Å². The highest BCUT2D eigenvalue weighted by Gasteiger charge is 2.38. The number of fused-ring (bicyclic) bond motifs is 4. The van der Waals surface area contributed by atoms with E-state index in [2.05, 4.69) is 30.9 Å². The highest BCUT2D eigenvalue weighted by molar-refractivity contribution is 5.71. The lowest BCUT2D eigenvalue weighted by molar-refractivity contribution is -0.142. The maximum atomic E-state index is 13.0. The standard InChI is InChI=1S/C34H52N2O6/c1-4-6-7-8-12-28(41-33(38)42-31-23-36-20-17-25(31)18-21-36)15-14-27(10-5-2)34(35)19-16-29-26(22-34)11-9-13-30(29)40-24-32(37)39-3/h9,11,13-14,25,28,31H,4-8,10,12,15-24,35H2,1-3H3/b27-14+. The smallest absolute Gasteiger partial charge is 0.482 e. The van der Waals surface area contributed by atoms with E-state index in [1.54, 1.807) is 0 Å². The number of piperidine rings is 3. The molecule has 3 fully saturated rings. The lowest BCUT2D eigenvalue weighted by atomic mass is 9.72. The molecule has 3 atom stereocenters. The Morgan fingerprint density at radius 1 is 1.14 bits per heavy atom. The zero-order valence-electron chi connectivity index (χ0n) is 26.0. The van der Waals surface area contributed by atoms with E-state index in [0.29, 0.717) is 18.8 Å². The van der Waals surface area contributed by atoms with Crippen molar-refractivity contribution in [3.63, 3.8) is 0 Å². The first-order valence-electron chi connectivity index (χ1n) is 16.2. The normalized spacial score (nSPS) is 25.8. The van der Waals surface area contributed by atoms with Gasteiger partial charge < -0.3 is 24.7 Å². The Kier molecular flexibility index (Phi) is 12.1. The monoisotopic (exact) mass is 584 g/mol. The van der Waals surface area contributed by atoms with Crippen molar-refractivity contribution in [2.24, 2.45) is 11.7 Å². The zero-order valence-corrected chi connectivity index (χ0v) is 26.0. The Hall–Kier alpha value is -2.58. The van der Waals surface area contributed by atoms with E-state index in [9.17, 15) is 9.59 Å². The van der Waals surface area contributed by atoms with E-state index >= 15 is 0 Å². The first-order valence-corrected chi connectivity index (χ1v) is 16.2. The molecule has 3 aliphatic heterocycles. The van der Waals surface area contributed by atoms with E-state index in [4.69, 9.17) is 24.7 Å². The highest BCUT2D eigenvalue weighted by atomic mass is 16.7. The third-order valence-electron chi connectivity index (χ3n) is 9.40. The van der Waals surface area contributed by atoms with Gasteiger partial charge in [0.1, 0.15) is 18.0 Å². The molecule has 3 saturated heterocycles. The van der Waals surface area contributed by atoms with E-state index < -0.39 is 17.7 Å². The molecule has 1 aliphatic carbocycles. The van der Waals surface area contributed by atoms with Crippen LogP contribution in [0, 0.1) is 5.92 Å². The third kappa shape index (κ3) is 8.73. The number of nitrogens with two attached hydrogens (primary N) is 1. The molecule has 0 radical (unpaired) electrons. The van der Waals surface area contributed by atoms with Crippen LogP contribution in [0.25, 0.3) is 0 Å². The van der Waals surface area contributed by atoms with Crippen LogP contribution in [0.5, 0.6) is 5.75 Å². The van der Waals surface area contributed by atoms with Gasteiger partial charge >= 0.3 is 12.1 Å². The molecule has 8 heteroatoms. The van der Waals surface area contributed by atoms with Gasteiger partial charge in [-0.05, 0) is 87.6 Å². The molecular weight excluding hydrogens is 532 g/mol. The number of ether oxygens (including phenoxy) is 4. The second-order valence-electron chi connectivity index (χ2n) is 12.4. The quantitative estimate of drug-likeness (QED) is 0.149. The Balaban J connectivity index is 1.43. The molecule has 0 amide bonds. The van der Waals surface area contributed by atoms with Crippen molar-refractivity contribution in [1.82, 2.24) is 4.90 Å². The van der Waals surface area contributed by atoms with Gasteiger partial charge in [0.2, 0.25) is 0 Å². The molecule has 1 aromatic rings. The maximum Gasteiger partial charge on any atom is 0.508 e. The van der Waals surface area contributed by atoms with Crippen LogP contribution >= 0.6 is 0 Å². The van der Waals surface area contributed by atoms with Crippen molar-refractivity contribution in [3.05, 3.63) is 41.0 Å². The summed E-state index contributed by atoms with van der Waals surface area (Å²) in [4.78, 5) is 27.0.